The van der Waals surface area contributed by atoms with Crippen molar-refractivity contribution in [2.24, 2.45) is 0 Å². The largest absolute Gasteiger partial charge is 0.449 e. The van der Waals surface area contributed by atoms with E-state index in [1.165, 1.54) is 5.56 Å². The SMILES string of the molecule is CC(OC(=O)c1c2c(nc3ccccc13)CCN(Cc1ccccc1)C2)C(=O)Nc1ccc(Cl)c(Cl)c1. The van der Waals surface area contributed by atoms with E-state index < -0.39 is 18.0 Å². The van der Waals surface area contributed by atoms with E-state index in [0.29, 0.717) is 33.2 Å². The van der Waals surface area contributed by atoms with Crippen LogP contribution in [-0.2, 0) is 29.0 Å². The van der Waals surface area contributed by atoms with Crippen molar-refractivity contribution in [1.29, 1.82) is 0 Å². The second-order valence-electron chi connectivity index (χ2n) is 9.04. The zero-order valence-corrected chi connectivity index (χ0v) is 21.7. The standard InChI is InChI=1S/C29H25Cl2N3O3/c1-18(28(35)32-20-11-12-23(30)24(31)15-20)37-29(36)27-21-9-5-6-10-25(21)33-26-13-14-34(17-22(26)27)16-19-7-3-2-4-8-19/h2-12,15,18H,13-14,16-17H2,1H3,(H,32,35). The molecule has 4 aromatic rings. The van der Waals surface area contributed by atoms with E-state index in [0.717, 1.165) is 36.3 Å². The summed E-state index contributed by atoms with van der Waals surface area (Å²) in [5.41, 5.74) is 4.61. The summed E-state index contributed by atoms with van der Waals surface area (Å²) in [4.78, 5) is 33.5. The van der Waals surface area contributed by atoms with Gasteiger partial charge in [0.2, 0.25) is 0 Å². The first-order chi connectivity index (χ1) is 17.9. The Morgan fingerprint density at radius 3 is 2.57 bits per heavy atom. The van der Waals surface area contributed by atoms with Crippen molar-refractivity contribution in [3.05, 3.63) is 105 Å². The van der Waals surface area contributed by atoms with E-state index in [9.17, 15) is 9.59 Å². The number of ether oxygens (including phenoxy) is 1. The van der Waals surface area contributed by atoms with Crippen molar-refractivity contribution < 1.29 is 14.3 Å². The van der Waals surface area contributed by atoms with Gasteiger partial charge >= 0.3 is 5.97 Å². The average molecular weight is 534 g/mol. The predicted octanol–water partition coefficient (Wildman–Crippen LogP) is 6.28. The van der Waals surface area contributed by atoms with E-state index in [4.69, 9.17) is 32.9 Å². The van der Waals surface area contributed by atoms with Gasteiger partial charge in [0.1, 0.15) is 0 Å². The van der Waals surface area contributed by atoms with Crippen molar-refractivity contribution >= 4 is 51.7 Å². The summed E-state index contributed by atoms with van der Waals surface area (Å²) < 4.78 is 5.70. The van der Waals surface area contributed by atoms with Gasteiger partial charge in [-0.15, -0.1) is 0 Å². The van der Waals surface area contributed by atoms with Crippen LogP contribution in [0.15, 0.2) is 72.8 Å². The van der Waals surface area contributed by atoms with E-state index >= 15 is 0 Å². The molecule has 0 saturated carbocycles. The van der Waals surface area contributed by atoms with Gasteiger partial charge in [-0.25, -0.2) is 4.79 Å². The van der Waals surface area contributed by atoms with Crippen LogP contribution in [0.25, 0.3) is 10.9 Å². The number of hydrogen-bond acceptors (Lipinski definition) is 5. The number of para-hydroxylation sites is 1. The summed E-state index contributed by atoms with van der Waals surface area (Å²) in [5.74, 6) is -1.02. The topological polar surface area (TPSA) is 71.5 Å². The number of halogens is 2. The van der Waals surface area contributed by atoms with Gasteiger partial charge in [-0.3, -0.25) is 14.7 Å². The quantitative estimate of drug-likeness (QED) is 0.295. The minimum atomic E-state index is -1.03. The van der Waals surface area contributed by atoms with Crippen molar-refractivity contribution in [2.75, 3.05) is 11.9 Å². The summed E-state index contributed by atoms with van der Waals surface area (Å²) in [5, 5.41) is 4.14. The van der Waals surface area contributed by atoms with Gasteiger partial charge in [-0.2, -0.15) is 0 Å². The normalized spacial score (nSPS) is 14.1. The monoisotopic (exact) mass is 533 g/mol. The van der Waals surface area contributed by atoms with Crippen LogP contribution in [0, 0.1) is 0 Å². The molecule has 0 bridgehead atoms. The maximum absolute atomic E-state index is 13.6. The molecule has 5 rings (SSSR count). The Morgan fingerprint density at radius 1 is 1.03 bits per heavy atom. The molecule has 0 aliphatic carbocycles. The molecule has 2 heterocycles. The molecule has 0 radical (unpaired) electrons. The van der Waals surface area contributed by atoms with Crippen molar-refractivity contribution in [1.82, 2.24) is 9.88 Å². The molecule has 0 saturated heterocycles. The molecule has 3 aromatic carbocycles. The fourth-order valence-electron chi connectivity index (χ4n) is 4.55. The van der Waals surface area contributed by atoms with Crippen LogP contribution in [0.4, 0.5) is 5.69 Å². The van der Waals surface area contributed by atoms with Gasteiger partial charge in [0.15, 0.2) is 6.10 Å². The number of carbonyl (C=O) groups excluding carboxylic acids is 2. The van der Waals surface area contributed by atoms with E-state index in [1.807, 2.05) is 42.5 Å². The Hall–Kier alpha value is -3.45. The lowest BCUT2D eigenvalue weighted by Crippen LogP contribution is -2.34. The van der Waals surface area contributed by atoms with Gasteiger partial charge in [0.05, 0.1) is 21.1 Å². The molecular weight excluding hydrogens is 509 g/mol. The lowest BCUT2D eigenvalue weighted by molar-refractivity contribution is -0.123. The first kappa shape index (κ1) is 25.2. The summed E-state index contributed by atoms with van der Waals surface area (Å²) >= 11 is 12.0. The molecular formula is C29H25Cl2N3O3. The molecule has 1 atom stereocenters. The highest BCUT2D eigenvalue weighted by molar-refractivity contribution is 6.42. The van der Waals surface area contributed by atoms with E-state index in [-0.39, 0.29) is 0 Å². The third kappa shape index (κ3) is 5.62. The molecule has 1 aliphatic rings. The third-order valence-corrected chi connectivity index (χ3v) is 7.16. The van der Waals surface area contributed by atoms with Crippen LogP contribution in [0.2, 0.25) is 10.0 Å². The molecule has 37 heavy (non-hydrogen) atoms. The van der Waals surface area contributed by atoms with Gasteiger partial charge < -0.3 is 10.1 Å². The number of amides is 1. The number of pyridine rings is 1. The van der Waals surface area contributed by atoms with Crippen molar-refractivity contribution in [3.63, 3.8) is 0 Å². The first-order valence-corrected chi connectivity index (χ1v) is 12.8. The number of aromatic nitrogens is 1. The number of esters is 1. The Bertz CT molecular complexity index is 1480. The van der Waals surface area contributed by atoms with Gasteiger partial charge in [0.25, 0.3) is 5.91 Å². The fraction of sp³-hybridized carbons (Fsp3) is 0.207. The molecule has 1 unspecified atom stereocenters. The Kier molecular flexibility index (Phi) is 7.42. The van der Waals surface area contributed by atoms with Gasteiger partial charge in [-0.05, 0) is 36.8 Å². The third-order valence-electron chi connectivity index (χ3n) is 6.42. The average Bonchev–Trinajstić information content (AvgIpc) is 2.90. The van der Waals surface area contributed by atoms with Crippen LogP contribution in [0.3, 0.4) is 0 Å². The molecule has 0 fully saturated rings. The molecule has 188 valence electrons. The number of anilines is 1. The maximum atomic E-state index is 13.6. The van der Waals surface area contributed by atoms with Gasteiger partial charge in [-0.1, -0.05) is 71.7 Å². The molecule has 6 nitrogen and oxygen atoms in total. The van der Waals surface area contributed by atoms with Crippen LogP contribution in [0.5, 0.6) is 0 Å². The molecule has 1 aliphatic heterocycles. The van der Waals surface area contributed by atoms with Crippen LogP contribution >= 0.6 is 23.2 Å². The smallest absolute Gasteiger partial charge is 0.339 e. The molecule has 1 N–H and O–H groups in total. The van der Waals surface area contributed by atoms with Crippen molar-refractivity contribution in [2.45, 2.75) is 32.5 Å². The number of hydrogen-bond donors (Lipinski definition) is 1. The minimum absolute atomic E-state index is 0.319. The summed E-state index contributed by atoms with van der Waals surface area (Å²) in [6, 6.07) is 22.5. The van der Waals surface area contributed by atoms with Crippen LogP contribution in [0.1, 0.15) is 34.1 Å². The predicted molar refractivity (Wildman–Crippen MR) is 146 cm³/mol. The number of nitrogens with zero attached hydrogens (tertiary/aromatic N) is 2. The highest BCUT2D eigenvalue weighted by atomic mass is 35.5. The molecule has 0 spiro atoms. The van der Waals surface area contributed by atoms with Crippen LogP contribution in [-0.4, -0.2) is 34.4 Å². The van der Waals surface area contributed by atoms with E-state index in [1.54, 1.807) is 25.1 Å². The molecule has 8 heteroatoms. The minimum Gasteiger partial charge on any atom is -0.449 e. The number of benzene rings is 3. The lowest BCUT2D eigenvalue weighted by atomic mass is 9.95. The second-order valence-corrected chi connectivity index (χ2v) is 9.86. The Balaban J connectivity index is 1.40. The zero-order chi connectivity index (χ0) is 25.9. The highest BCUT2D eigenvalue weighted by Crippen LogP contribution is 2.30. The Morgan fingerprint density at radius 2 is 1.78 bits per heavy atom. The number of fused-ring (bicyclic) bond motifs is 2. The summed E-state index contributed by atoms with van der Waals surface area (Å²) in [6.07, 6.45) is -0.311. The molecule has 1 aromatic heterocycles. The molecule has 1 amide bonds. The van der Waals surface area contributed by atoms with Crippen LogP contribution < -0.4 is 5.32 Å². The fourth-order valence-corrected chi connectivity index (χ4v) is 4.84. The number of rotatable bonds is 6. The number of carbonyl (C=O) groups is 2. The number of nitrogens with one attached hydrogen (secondary N) is 1. The second kappa shape index (κ2) is 10.9. The lowest BCUT2D eigenvalue weighted by Gasteiger charge is -2.30. The first-order valence-electron chi connectivity index (χ1n) is 12.0. The van der Waals surface area contributed by atoms with Gasteiger partial charge in [0, 0.05) is 48.4 Å². The zero-order valence-electron chi connectivity index (χ0n) is 20.2. The van der Waals surface area contributed by atoms with Crippen molar-refractivity contribution in [3.8, 4) is 0 Å². The highest BCUT2D eigenvalue weighted by Gasteiger charge is 2.28. The maximum Gasteiger partial charge on any atom is 0.339 e. The summed E-state index contributed by atoms with van der Waals surface area (Å²) in [7, 11) is 0. The Labute approximate surface area is 225 Å². The summed E-state index contributed by atoms with van der Waals surface area (Å²) in [6.45, 7) is 3.72. The van der Waals surface area contributed by atoms with E-state index in [2.05, 4.69) is 22.3 Å².